The van der Waals surface area contributed by atoms with E-state index in [4.69, 9.17) is 5.73 Å². The van der Waals surface area contributed by atoms with E-state index in [-0.39, 0.29) is 5.41 Å². The van der Waals surface area contributed by atoms with Gasteiger partial charge in [-0.25, -0.2) is 0 Å². The van der Waals surface area contributed by atoms with Crippen LogP contribution in [-0.4, -0.2) is 17.3 Å². The molecule has 3 N–H and O–H groups in total. The van der Waals surface area contributed by atoms with Gasteiger partial charge in [-0.05, 0) is 37.5 Å². The lowest BCUT2D eigenvalue weighted by Crippen LogP contribution is -2.59. The van der Waals surface area contributed by atoms with Crippen molar-refractivity contribution in [3.63, 3.8) is 0 Å². The zero-order valence-electron chi connectivity index (χ0n) is 12.3. The molecule has 0 aromatic rings. The molecule has 0 radical (unpaired) electrons. The van der Waals surface area contributed by atoms with Crippen LogP contribution in [0.2, 0.25) is 0 Å². The van der Waals surface area contributed by atoms with Gasteiger partial charge in [0.1, 0.15) is 0 Å². The highest BCUT2D eigenvalue weighted by Crippen LogP contribution is 2.54. The fourth-order valence-corrected chi connectivity index (χ4v) is 4.60. The van der Waals surface area contributed by atoms with E-state index in [2.05, 4.69) is 13.8 Å². The molecule has 106 valence electrons. The van der Waals surface area contributed by atoms with E-state index < -0.39 is 5.60 Å². The van der Waals surface area contributed by atoms with Crippen LogP contribution in [0, 0.1) is 17.3 Å². The van der Waals surface area contributed by atoms with E-state index in [9.17, 15) is 5.11 Å². The lowest BCUT2D eigenvalue weighted by Gasteiger charge is -2.55. The maximum absolute atomic E-state index is 11.4. The molecule has 2 saturated carbocycles. The van der Waals surface area contributed by atoms with Crippen LogP contribution < -0.4 is 5.73 Å². The predicted octanol–water partition coefficient (Wildman–Crippen LogP) is 3.47. The van der Waals surface area contributed by atoms with E-state index >= 15 is 0 Å². The number of hydrogen-bond donors (Lipinski definition) is 2. The summed E-state index contributed by atoms with van der Waals surface area (Å²) in [4.78, 5) is 0. The summed E-state index contributed by atoms with van der Waals surface area (Å²) in [5.41, 5.74) is 5.69. The molecule has 2 unspecified atom stereocenters. The van der Waals surface area contributed by atoms with Crippen LogP contribution >= 0.6 is 0 Å². The summed E-state index contributed by atoms with van der Waals surface area (Å²) < 4.78 is 0. The number of nitrogens with two attached hydrogens (primary N) is 1. The van der Waals surface area contributed by atoms with Crippen molar-refractivity contribution in [2.75, 3.05) is 6.54 Å². The molecular formula is C16H31NO. The zero-order valence-corrected chi connectivity index (χ0v) is 12.3. The molecule has 2 fully saturated rings. The van der Waals surface area contributed by atoms with Crippen LogP contribution in [0.15, 0.2) is 0 Å². The Hall–Kier alpha value is -0.0800. The van der Waals surface area contributed by atoms with E-state index in [0.717, 1.165) is 31.6 Å². The maximum Gasteiger partial charge on any atom is 0.0743 e. The van der Waals surface area contributed by atoms with E-state index in [1.54, 1.807) is 0 Å². The van der Waals surface area contributed by atoms with Gasteiger partial charge in [-0.2, -0.15) is 0 Å². The van der Waals surface area contributed by atoms with Crippen molar-refractivity contribution in [3.8, 4) is 0 Å². The average molecular weight is 253 g/mol. The molecule has 2 aliphatic rings. The second kappa shape index (κ2) is 5.50. The molecule has 2 nitrogen and oxygen atoms in total. The van der Waals surface area contributed by atoms with Crippen LogP contribution in [-0.2, 0) is 0 Å². The van der Waals surface area contributed by atoms with E-state index in [1.807, 2.05) is 0 Å². The van der Waals surface area contributed by atoms with E-state index in [1.165, 1.54) is 32.1 Å². The third-order valence-corrected chi connectivity index (χ3v) is 6.07. The van der Waals surface area contributed by atoms with Crippen LogP contribution in [0.25, 0.3) is 0 Å². The molecule has 0 spiro atoms. The third kappa shape index (κ3) is 2.22. The molecule has 2 aliphatic carbocycles. The summed E-state index contributed by atoms with van der Waals surface area (Å²) >= 11 is 0. The summed E-state index contributed by atoms with van der Waals surface area (Å²) in [6.45, 7) is 5.24. The minimum absolute atomic E-state index is 0.0145. The summed E-state index contributed by atoms with van der Waals surface area (Å²) in [5.74, 6) is 1.29. The van der Waals surface area contributed by atoms with Gasteiger partial charge in [0.25, 0.3) is 0 Å². The molecule has 2 rings (SSSR count). The molecule has 2 heteroatoms. The second-order valence-corrected chi connectivity index (χ2v) is 6.94. The minimum Gasteiger partial charge on any atom is -0.389 e. The van der Waals surface area contributed by atoms with Gasteiger partial charge in [-0.3, -0.25) is 0 Å². The monoisotopic (exact) mass is 253 g/mol. The molecule has 18 heavy (non-hydrogen) atoms. The molecule has 0 bridgehead atoms. The Morgan fingerprint density at radius 1 is 1.11 bits per heavy atom. The Kier molecular flexibility index (Phi) is 4.38. The number of rotatable bonds is 3. The van der Waals surface area contributed by atoms with Crippen LogP contribution in [0.5, 0.6) is 0 Å². The Morgan fingerprint density at radius 3 is 2.33 bits per heavy atom. The Bertz CT molecular complexity index is 270. The number of hydrogen-bond acceptors (Lipinski definition) is 2. The standard InChI is InChI=1S/C16H31NO/c1-3-14-6-4-5-9-16(14,18)15(12-17)10-7-13(2)8-11-15/h13-14,18H,3-12,17H2,1-2H3. The van der Waals surface area contributed by atoms with Gasteiger partial charge in [-0.1, -0.05) is 46.0 Å². The van der Waals surface area contributed by atoms with Crippen molar-refractivity contribution >= 4 is 0 Å². The molecule has 0 saturated heterocycles. The van der Waals surface area contributed by atoms with Gasteiger partial charge in [0, 0.05) is 12.0 Å². The topological polar surface area (TPSA) is 46.2 Å². The first-order chi connectivity index (χ1) is 8.58. The van der Waals surface area contributed by atoms with Gasteiger partial charge in [0.05, 0.1) is 5.60 Å². The van der Waals surface area contributed by atoms with Crippen molar-refractivity contribution < 1.29 is 5.11 Å². The average Bonchev–Trinajstić information content (AvgIpc) is 2.40. The molecule has 0 aromatic heterocycles. The lowest BCUT2D eigenvalue weighted by atomic mass is 9.54. The molecule has 0 amide bonds. The molecule has 0 aliphatic heterocycles. The van der Waals surface area contributed by atoms with Crippen molar-refractivity contribution in [3.05, 3.63) is 0 Å². The summed E-state index contributed by atoms with van der Waals surface area (Å²) in [7, 11) is 0. The van der Waals surface area contributed by atoms with Crippen LogP contribution in [0.3, 0.4) is 0 Å². The zero-order chi connectivity index (χ0) is 13.2. The SMILES string of the molecule is CCC1CCCCC1(O)C1(CN)CCC(C)CC1. The minimum atomic E-state index is -0.477. The first kappa shape index (κ1) is 14.3. The summed E-state index contributed by atoms with van der Waals surface area (Å²) in [6.07, 6.45) is 10.5. The Balaban J connectivity index is 2.23. The van der Waals surface area contributed by atoms with Gasteiger partial charge in [-0.15, -0.1) is 0 Å². The normalized spacial score (nSPS) is 46.0. The van der Waals surface area contributed by atoms with Gasteiger partial charge < -0.3 is 10.8 Å². The van der Waals surface area contributed by atoms with E-state index in [0.29, 0.717) is 12.5 Å². The summed E-state index contributed by atoms with van der Waals surface area (Å²) in [6, 6.07) is 0. The second-order valence-electron chi connectivity index (χ2n) is 6.94. The number of aliphatic hydroxyl groups is 1. The largest absolute Gasteiger partial charge is 0.389 e. The lowest BCUT2D eigenvalue weighted by molar-refractivity contribution is -0.161. The quantitative estimate of drug-likeness (QED) is 0.809. The first-order valence-electron chi connectivity index (χ1n) is 8.00. The fraction of sp³-hybridized carbons (Fsp3) is 1.00. The summed E-state index contributed by atoms with van der Waals surface area (Å²) in [5, 5.41) is 11.4. The molecule has 0 heterocycles. The van der Waals surface area contributed by atoms with Gasteiger partial charge in [0.15, 0.2) is 0 Å². The highest BCUT2D eigenvalue weighted by atomic mass is 16.3. The Labute approximate surface area is 112 Å². The predicted molar refractivity (Wildman–Crippen MR) is 76.3 cm³/mol. The molecule has 0 aromatic carbocycles. The maximum atomic E-state index is 11.4. The van der Waals surface area contributed by atoms with Crippen molar-refractivity contribution in [2.24, 2.45) is 23.0 Å². The fourth-order valence-electron chi connectivity index (χ4n) is 4.60. The van der Waals surface area contributed by atoms with Crippen LogP contribution in [0.4, 0.5) is 0 Å². The highest BCUT2D eigenvalue weighted by Gasteiger charge is 2.54. The van der Waals surface area contributed by atoms with Gasteiger partial charge in [0.2, 0.25) is 0 Å². The third-order valence-electron chi connectivity index (χ3n) is 6.07. The smallest absolute Gasteiger partial charge is 0.0743 e. The highest BCUT2D eigenvalue weighted by molar-refractivity contribution is 5.06. The van der Waals surface area contributed by atoms with Crippen molar-refractivity contribution in [1.29, 1.82) is 0 Å². The molecular weight excluding hydrogens is 222 g/mol. The van der Waals surface area contributed by atoms with Crippen molar-refractivity contribution in [2.45, 2.75) is 77.2 Å². The van der Waals surface area contributed by atoms with Gasteiger partial charge >= 0.3 is 0 Å². The first-order valence-corrected chi connectivity index (χ1v) is 8.00. The van der Waals surface area contributed by atoms with Crippen molar-refractivity contribution in [1.82, 2.24) is 0 Å². The Morgan fingerprint density at radius 2 is 1.78 bits per heavy atom. The molecule has 2 atom stereocenters. The van der Waals surface area contributed by atoms with Crippen LogP contribution in [0.1, 0.15) is 71.6 Å².